The lowest BCUT2D eigenvalue weighted by molar-refractivity contribution is 0.575. The SMILES string of the molecule is CCCCCCCCCCc1ccc(CCCCCCCCCC)c2c1-c1nc-2nc2[nH]c(nc3nc(nc4[nH]c(n1)c1nccnc41)-c1c(CCCCCCCCCC)ccc(CCCCCCCCCC)c1-3)c1c(CCCCCCCCCC)ccc(CCCCCCCCCC)c21. The summed E-state index contributed by atoms with van der Waals surface area (Å²) in [5.41, 5.74) is 16.8. The minimum absolute atomic E-state index is 0.618. The Morgan fingerprint density at radius 3 is 0.640 bits per heavy atom. The van der Waals surface area contributed by atoms with Crippen molar-refractivity contribution in [2.75, 3.05) is 0 Å². The molecule has 2 N–H and O–H groups in total. The lowest BCUT2D eigenvalue weighted by Gasteiger charge is -2.13. The van der Waals surface area contributed by atoms with Gasteiger partial charge in [0, 0.05) is 45.4 Å². The molecule has 10 heteroatoms. The van der Waals surface area contributed by atoms with Crippen LogP contribution >= 0.6 is 0 Å². The molecule has 0 amide bonds. The van der Waals surface area contributed by atoms with Gasteiger partial charge < -0.3 is 9.97 Å². The van der Waals surface area contributed by atoms with E-state index >= 15 is 0 Å². The summed E-state index contributed by atoms with van der Waals surface area (Å²) in [5, 5.41) is 2.42. The minimum atomic E-state index is 0.618. The first-order valence-corrected chi connectivity index (χ1v) is 42.6. The van der Waals surface area contributed by atoms with Crippen LogP contribution in [-0.4, -0.2) is 49.8 Å². The van der Waals surface area contributed by atoms with Crippen LogP contribution in [0.2, 0.25) is 0 Å². The molecular formula is C90H136N10. The average molecular weight is 1360 g/mol. The van der Waals surface area contributed by atoms with Crippen LogP contribution in [0.15, 0.2) is 48.8 Å². The first kappa shape index (κ1) is 78.2. The van der Waals surface area contributed by atoms with Crippen LogP contribution in [0.5, 0.6) is 0 Å². The van der Waals surface area contributed by atoms with E-state index in [1.807, 2.05) is 0 Å². The van der Waals surface area contributed by atoms with Crippen LogP contribution in [0.4, 0.5) is 0 Å². The van der Waals surface area contributed by atoms with Gasteiger partial charge in [0.05, 0.1) is 0 Å². The van der Waals surface area contributed by atoms with Crippen molar-refractivity contribution in [2.24, 2.45) is 0 Å². The van der Waals surface area contributed by atoms with Gasteiger partial charge in [-0.2, -0.15) is 0 Å². The van der Waals surface area contributed by atoms with Crippen LogP contribution in [0, 0.1) is 0 Å². The van der Waals surface area contributed by atoms with E-state index in [9.17, 15) is 0 Å². The molecule has 7 aromatic rings. The molecule has 3 aromatic carbocycles. The number of hydrogen-bond donors (Lipinski definition) is 2. The van der Waals surface area contributed by atoms with Crippen molar-refractivity contribution in [3.05, 3.63) is 82.2 Å². The molecule has 0 spiro atoms. The van der Waals surface area contributed by atoms with Crippen molar-refractivity contribution in [1.29, 1.82) is 0 Å². The Morgan fingerprint density at radius 1 is 0.210 bits per heavy atom. The monoisotopic (exact) mass is 1360 g/mol. The van der Waals surface area contributed by atoms with Crippen molar-refractivity contribution < 1.29 is 0 Å². The molecule has 0 fully saturated rings. The summed E-state index contributed by atoms with van der Waals surface area (Å²) in [6.45, 7) is 13.9. The first-order valence-electron chi connectivity index (χ1n) is 42.6. The predicted octanol–water partition coefficient (Wildman–Crippen LogP) is 27.8. The molecule has 6 heterocycles. The Bertz CT molecular complexity index is 3430. The van der Waals surface area contributed by atoms with Gasteiger partial charge in [-0.25, -0.2) is 39.9 Å². The Kier molecular flexibility index (Phi) is 35.4. The van der Waals surface area contributed by atoms with Gasteiger partial charge in [0.2, 0.25) is 0 Å². The van der Waals surface area contributed by atoms with Crippen molar-refractivity contribution in [1.82, 2.24) is 49.8 Å². The number of aromatic nitrogens is 10. The number of nitrogens with one attached hydrogen (secondary N) is 2. The number of unbranched alkanes of at least 4 members (excludes halogenated alkanes) is 42. The molecule has 10 nitrogen and oxygen atoms in total. The zero-order valence-corrected chi connectivity index (χ0v) is 64.4. The van der Waals surface area contributed by atoms with E-state index in [0.29, 0.717) is 34.0 Å². The summed E-state index contributed by atoms with van der Waals surface area (Å²) in [6.07, 6.45) is 70.8. The fraction of sp³-hybridized carbons (Fsp3) is 0.667. The topological polar surface area (TPSA) is 135 Å². The largest absolute Gasteiger partial charge is 0.324 e. The second-order valence-corrected chi connectivity index (χ2v) is 30.6. The molecular weight excluding hydrogens is 1220 g/mol. The number of fused-ring (bicyclic) bond motifs is 20. The molecule has 0 saturated heterocycles. The molecule has 0 saturated carbocycles. The molecule has 0 radical (unpaired) electrons. The zero-order chi connectivity index (χ0) is 69.6. The van der Waals surface area contributed by atoms with E-state index in [4.69, 9.17) is 39.9 Å². The highest BCUT2D eigenvalue weighted by molar-refractivity contribution is 6.09. The molecule has 2 aliphatic rings. The van der Waals surface area contributed by atoms with E-state index < -0.39 is 0 Å². The van der Waals surface area contributed by atoms with Crippen molar-refractivity contribution in [3.8, 4) is 45.6 Å². The van der Waals surface area contributed by atoms with Crippen molar-refractivity contribution in [3.63, 3.8) is 0 Å². The van der Waals surface area contributed by atoms with Gasteiger partial charge in [-0.3, -0.25) is 0 Å². The number of H-pyrrole nitrogens is 2. The summed E-state index contributed by atoms with van der Waals surface area (Å²) in [6, 6.07) is 14.7. The summed E-state index contributed by atoms with van der Waals surface area (Å²) in [7, 11) is 0. The number of benzene rings is 3. The van der Waals surface area contributed by atoms with Crippen molar-refractivity contribution in [2.45, 2.75) is 388 Å². The highest BCUT2D eigenvalue weighted by atomic mass is 15.1. The Balaban J connectivity index is 1.28. The van der Waals surface area contributed by atoms with Gasteiger partial charge in [-0.05, 0) is 110 Å². The highest BCUT2D eigenvalue weighted by Gasteiger charge is 2.30. The normalized spacial score (nSPS) is 12.1. The first-order chi connectivity index (χ1) is 49.5. The second kappa shape index (κ2) is 45.3. The fourth-order valence-corrected chi connectivity index (χ4v) is 16.2. The second-order valence-electron chi connectivity index (χ2n) is 30.6. The maximum Gasteiger partial charge on any atom is 0.165 e. The number of nitrogens with zero attached hydrogens (tertiary/aromatic N) is 8. The molecule has 0 aliphatic carbocycles. The maximum atomic E-state index is 6.04. The Morgan fingerprint density at radius 2 is 0.400 bits per heavy atom. The molecule has 100 heavy (non-hydrogen) atoms. The lowest BCUT2D eigenvalue weighted by Crippen LogP contribution is -1.98. The quantitative estimate of drug-likeness (QED) is 0.0360. The average Bonchev–Trinajstić information content (AvgIpc) is 1.58. The zero-order valence-electron chi connectivity index (χ0n) is 64.4. The van der Waals surface area contributed by atoms with E-state index in [1.54, 1.807) is 12.4 Å². The van der Waals surface area contributed by atoms with Crippen LogP contribution in [0.1, 0.15) is 383 Å². The third-order valence-electron chi connectivity index (χ3n) is 22.2. The summed E-state index contributed by atoms with van der Waals surface area (Å²) >= 11 is 0. The van der Waals surface area contributed by atoms with E-state index in [-0.39, 0.29) is 0 Å². The number of hydrogen-bond acceptors (Lipinski definition) is 8. The van der Waals surface area contributed by atoms with E-state index in [1.165, 1.54) is 314 Å². The number of aromatic amines is 2. The maximum absolute atomic E-state index is 6.04. The fourth-order valence-electron chi connectivity index (χ4n) is 16.2. The Hall–Kier alpha value is -5.90. The highest BCUT2D eigenvalue weighted by Crippen LogP contribution is 2.44. The summed E-state index contributed by atoms with van der Waals surface area (Å²) < 4.78 is 0. The molecule has 546 valence electrons. The van der Waals surface area contributed by atoms with E-state index in [2.05, 4.69) is 87.9 Å². The predicted molar refractivity (Wildman–Crippen MR) is 430 cm³/mol. The van der Waals surface area contributed by atoms with Gasteiger partial charge in [0.1, 0.15) is 22.3 Å². The smallest absolute Gasteiger partial charge is 0.165 e. The van der Waals surface area contributed by atoms with E-state index in [0.717, 1.165) is 122 Å². The lowest BCUT2D eigenvalue weighted by atomic mass is 9.91. The molecule has 4 aromatic heterocycles. The Labute approximate surface area is 606 Å². The number of aryl methyl sites for hydroxylation is 6. The van der Waals surface area contributed by atoms with Crippen LogP contribution < -0.4 is 0 Å². The minimum Gasteiger partial charge on any atom is -0.324 e. The third-order valence-corrected chi connectivity index (χ3v) is 22.2. The summed E-state index contributed by atoms with van der Waals surface area (Å²) in [5.74, 6) is 2.89. The molecule has 9 rings (SSSR count). The molecule has 8 bridgehead atoms. The van der Waals surface area contributed by atoms with Crippen LogP contribution in [0.3, 0.4) is 0 Å². The molecule has 2 aliphatic heterocycles. The summed E-state index contributed by atoms with van der Waals surface area (Å²) in [4.78, 5) is 53.1. The molecule has 0 atom stereocenters. The van der Waals surface area contributed by atoms with Gasteiger partial charge >= 0.3 is 0 Å². The van der Waals surface area contributed by atoms with Gasteiger partial charge in [-0.1, -0.05) is 348 Å². The van der Waals surface area contributed by atoms with Gasteiger partial charge in [0.15, 0.2) is 34.6 Å². The van der Waals surface area contributed by atoms with Crippen LogP contribution in [-0.2, 0) is 38.5 Å². The molecule has 0 unspecified atom stereocenters. The standard InChI is InChI=1S/C90H136N10/c1-7-13-19-25-31-37-43-49-55-69-61-62-70(56-50-44-38-32-26-20-14-8-2)76-75(69)83-93-84(76)95-86-78-72(58-52-46-40-34-28-22-16-10-4)64-66-74(60-54-48-42-36-30-24-18-12-6)80(78)88(97-86)99-90-82-81(91-67-68-92-82)89(100-90)98-87-79-73(59-53-47-41-35-29-23-17-11-5)65-63-71(77(79)85(94-83)96-87)57-51-45-39-33-27-21-15-9-3/h61-68H,7-60H2,1-6H3,(H2,93,94,95,96,97,98,99,100). The van der Waals surface area contributed by atoms with Crippen LogP contribution in [0.25, 0.3) is 89.9 Å². The van der Waals surface area contributed by atoms with Gasteiger partial charge in [0.25, 0.3) is 0 Å². The van der Waals surface area contributed by atoms with Gasteiger partial charge in [-0.15, -0.1) is 0 Å². The van der Waals surface area contributed by atoms with Crippen molar-refractivity contribution >= 4 is 44.4 Å². The third kappa shape index (κ3) is 23.6. The number of rotatable bonds is 54.